The molecular formula is C12H9BrF2N4O. The molecule has 0 radical (unpaired) electrons. The van der Waals surface area contributed by atoms with Gasteiger partial charge in [0.15, 0.2) is 5.82 Å². The monoisotopic (exact) mass is 342 g/mol. The van der Waals surface area contributed by atoms with Crippen molar-refractivity contribution in [3.05, 3.63) is 46.3 Å². The van der Waals surface area contributed by atoms with Gasteiger partial charge in [-0.1, -0.05) is 0 Å². The number of aromatic nitrogens is 2. The fourth-order valence-corrected chi connectivity index (χ4v) is 1.71. The third-order valence-electron chi connectivity index (χ3n) is 2.42. The van der Waals surface area contributed by atoms with Crippen LogP contribution in [0.5, 0.6) is 0 Å². The molecule has 1 heterocycles. The van der Waals surface area contributed by atoms with Crippen molar-refractivity contribution >= 4 is 33.3 Å². The van der Waals surface area contributed by atoms with Crippen LogP contribution in [0.1, 0.15) is 10.4 Å². The van der Waals surface area contributed by atoms with Crippen LogP contribution < -0.4 is 10.6 Å². The van der Waals surface area contributed by atoms with E-state index in [1.807, 2.05) is 0 Å². The number of carbonyl (C=O) groups excluding carboxylic acids is 1. The third kappa shape index (κ3) is 3.08. The molecule has 0 aliphatic heterocycles. The summed E-state index contributed by atoms with van der Waals surface area (Å²) >= 11 is 3.10. The normalized spacial score (nSPS) is 10.2. The molecule has 8 heteroatoms. The highest BCUT2D eigenvalue weighted by atomic mass is 79.9. The molecule has 1 aromatic heterocycles. The minimum Gasteiger partial charge on any atom is -0.383 e. The van der Waals surface area contributed by atoms with E-state index in [-0.39, 0.29) is 17.1 Å². The van der Waals surface area contributed by atoms with E-state index in [1.54, 1.807) is 0 Å². The quantitative estimate of drug-likeness (QED) is 0.899. The van der Waals surface area contributed by atoms with E-state index in [0.717, 1.165) is 12.1 Å². The standard InChI is InChI=1S/C12H9BrF2N4O/c1-16-11-7(14)2-6(3-8(11)15)12(20)19-10-5-17-9(13)4-18-10/h2-5,16H,1H3,(H,18,19,20). The minimum absolute atomic E-state index is 0.149. The molecule has 0 unspecified atom stereocenters. The molecule has 1 amide bonds. The van der Waals surface area contributed by atoms with Crippen LogP contribution in [-0.4, -0.2) is 22.9 Å². The van der Waals surface area contributed by atoms with E-state index >= 15 is 0 Å². The van der Waals surface area contributed by atoms with Gasteiger partial charge in [0.2, 0.25) is 0 Å². The molecule has 2 N–H and O–H groups in total. The van der Waals surface area contributed by atoms with Crippen molar-refractivity contribution in [3.8, 4) is 0 Å². The predicted octanol–water partition coefficient (Wildman–Crippen LogP) is 2.81. The Morgan fingerprint density at radius 2 is 1.85 bits per heavy atom. The molecule has 1 aromatic carbocycles. The Balaban J connectivity index is 2.23. The van der Waals surface area contributed by atoms with Crippen LogP contribution in [0.2, 0.25) is 0 Å². The van der Waals surface area contributed by atoms with Crippen LogP contribution in [0.3, 0.4) is 0 Å². The summed E-state index contributed by atoms with van der Waals surface area (Å²) in [6.07, 6.45) is 2.71. The van der Waals surface area contributed by atoms with Gasteiger partial charge < -0.3 is 10.6 Å². The molecule has 5 nitrogen and oxygen atoms in total. The number of hydrogen-bond acceptors (Lipinski definition) is 4. The first kappa shape index (κ1) is 14.3. The summed E-state index contributed by atoms with van der Waals surface area (Å²) in [5.41, 5.74) is -0.436. The molecule has 0 bridgehead atoms. The summed E-state index contributed by atoms with van der Waals surface area (Å²) in [6.45, 7) is 0. The molecule has 0 fully saturated rings. The van der Waals surface area contributed by atoms with Gasteiger partial charge >= 0.3 is 0 Å². The van der Waals surface area contributed by atoms with Gasteiger partial charge in [-0.25, -0.2) is 18.7 Å². The third-order valence-corrected chi connectivity index (χ3v) is 2.83. The summed E-state index contributed by atoms with van der Waals surface area (Å²) in [6, 6.07) is 1.88. The SMILES string of the molecule is CNc1c(F)cc(C(=O)Nc2cnc(Br)cn2)cc1F. The zero-order chi connectivity index (χ0) is 14.7. The maximum absolute atomic E-state index is 13.5. The Labute approximate surface area is 121 Å². The lowest BCUT2D eigenvalue weighted by Crippen LogP contribution is -2.14. The Kier molecular flexibility index (Phi) is 4.23. The number of hydrogen-bond donors (Lipinski definition) is 2. The van der Waals surface area contributed by atoms with E-state index in [2.05, 4.69) is 36.5 Å². The van der Waals surface area contributed by atoms with Gasteiger partial charge in [-0.2, -0.15) is 0 Å². The molecule has 2 aromatic rings. The maximum atomic E-state index is 13.5. The topological polar surface area (TPSA) is 66.9 Å². The van der Waals surface area contributed by atoms with E-state index < -0.39 is 17.5 Å². The van der Waals surface area contributed by atoms with E-state index in [9.17, 15) is 13.6 Å². The van der Waals surface area contributed by atoms with Gasteiger partial charge in [0, 0.05) is 12.6 Å². The molecule has 0 aliphatic carbocycles. The smallest absolute Gasteiger partial charge is 0.257 e. The van der Waals surface area contributed by atoms with Crippen molar-refractivity contribution < 1.29 is 13.6 Å². The number of nitrogens with one attached hydrogen (secondary N) is 2. The molecule has 0 spiro atoms. The summed E-state index contributed by atoms with van der Waals surface area (Å²) in [5, 5.41) is 4.77. The summed E-state index contributed by atoms with van der Waals surface area (Å²) in [5.74, 6) is -2.20. The van der Waals surface area contributed by atoms with Crippen LogP contribution in [0.4, 0.5) is 20.3 Å². The Hall–Kier alpha value is -2.09. The fraction of sp³-hybridized carbons (Fsp3) is 0.0833. The molecule has 2 rings (SSSR count). The van der Waals surface area contributed by atoms with Crippen LogP contribution in [0.25, 0.3) is 0 Å². The molecule has 104 valence electrons. The Morgan fingerprint density at radius 1 is 1.20 bits per heavy atom. The Bertz CT molecular complexity index is 625. The number of carbonyl (C=O) groups is 1. The second kappa shape index (κ2) is 5.91. The average Bonchev–Trinajstić information content (AvgIpc) is 2.41. The number of anilines is 2. The van der Waals surface area contributed by atoms with Crippen molar-refractivity contribution in [2.45, 2.75) is 0 Å². The fourth-order valence-electron chi connectivity index (χ4n) is 1.51. The van der Waals surface area contributed by atoms with E-state index in [1.165, 1.54) is 19.4 Å². The Morgan fingerprint density at radius 3 is 2.35 bits per heavy atom. The molecule has 0 saturated carbocycles. The van der Waals surface area contributed by atoms with Gasteiger partial charge in [0.05, 0.1) is 12.4 Å². The predicted molar refractivity (Wildman–Crippen MR) is 73.6 cm³/mol. The number of rotatable bonds is 3. The zero-order valence-corrected chi connectivity index (χ0v) is 11.8. The van der Waals surface area contributed by atoms with E-state index in [4.69, 9.17) is 0 Å². The molecule has 0 saturated heterocycles. The van der Waals surface area contributed by atoms with Gasteiger partial charge in [-0.15, -0.1) is 0 Å². The van der Waals surface area contributed by atoms with Crippen LogP contribution >= 0.6 is 15.9 Å². The number of nitrogens with zero attached hydrogens (tertiary/aromatic N) is 2. The van der Waals surface area contributed by atoms with Crippen LogP contribution in [0.15, 0.2) is 29.1 Å². The number of benzene rings is 1. The average molecular weight is 343 g/mol. The molecule has 0 atom stereocenters. The highest BCUT2D eigenvalue weighted by Gasteiger charge is 2.14. The van der Waals surface area contributed by atoms with Gasteiger partial charge in [0.1, 0.15) is 21.9 Å². The summed E-state index contributed by atoms with van der Waals surface area (Å²) in [4.78, 5) is 19.6. The highest BCUT2D eigenvalue weighted by molar-refractivity contribution is 9.10. The lowest BCUT2D eigenvalue weighted by atomic mass is 10.1. The maximum Gasteiger partial charge on any atom is 0.257 e. The number of halogens is 3. The highest BCUT2D eigenvalue weighted by Crippen LogP contribution is 2.20. The summed E-state index contributed by atoms with van der Waals surface area (Å²) < 4.78 is 27.6. The van der Waals surface area contributed by atoms with Crippen LogP contribution in [-0.2, 0) is 0 Å². The van der Waals surface area contributed by atoms with Crippen molar-refractivity contribution in [1.82, 2.24) is 9.97 Å². The van der Waals surface area contributed by atoms with Gasteiger partial charge in [0.25, 0.3) is 5.91 Å². The van der Waals surface area contributed by atoms with Crippen molar-refractivity contribution in [2.24, 2.45) is 0 Å². The second-order valence-electron chi connectivity index (χ2n) is 3.74. The zero-order valence-electron chi connectivity index (χ0n) is 10.2. The van der Waals surface area contributed by atoms with Crippen molar-refractivity contribution in [1.29, 1.82) is 0 Å². The lowest BCUT2D eigenvalue weighted by Gasteiger charge is -2.08. The molecule has 20 heavy (non-hydrogen) atoms. The van der Waals surface area contributed by atoms with Crippen molar-refractivity contribution in [2.75, 3.05) is 17.7 Å². The van der Waals surface area contributed by atoms with E-state index in [0.29, 0.717) is 4.60 Å². The van der Waals surface area contributed by atoms with Crippen LogP contribution in [0, 0.1) is 11.6 Å². The largest absolute Gasteiger partial charge is 0.383 e. The molecule has 0 aliphatic rings. The first-order chi connectivity index (χ1) is 9.51. The first-order valence-corrected chi connectivity index (χ1v) is 6.26. The number of amides is 1. The van der Waals surface area contributed by atoms with Gasteiger partial charge in [-0.05, 0) is 28.1 Å². The first-order valence-electron chi connectivity index (χ1n) is 5.47. The second-order valence-corrected chi connectivity index (χ2v) is 4.56. The van der Waals surface area contributed by atoms with Crippen molar-refractivity contribution in [3.63, 3.8) is 0 Å². The molecular weight excluding hydrogens is 334 g/mol. The lowest BCUT2D eigenvalue weighted by molar-refractivity contribution is 0.102. The minimum atomic E-state index is -0.848. The summed E-state index contributed by atoms with van der Waals surface area (Å²) in [7, 11) is 1.39. The van der Waals surface area contributed by atoms with Gasteiger partial charge in [-0.3, -0.25) is 4.79 Å².